The van der Waals surface area contributed by atoms with E-state index in [2.05, 4.69) is 10.1 Å². The molecule has 2 saturated carbocycles. The molecule has 2 aliphatic carbocycles. The quantitative estimate of drug-likeness (QED) is 0.740. The van der Waals surface area contributed by atoms with E-state index in [1.54, 1.807) is 6.07 Å². The number of rotatable bonds is 7. The lowest BCUT2D eigenvalue weighted by Crippen LogP contribution is -2.31. The first-order valence-electron chi connectivity index (χ1n) is 8.96. The fourth-order valence-corrected chi connectivity index (χ4v) is 4.14. The van der Waals surface area contributed by atoms with Crippen molar-refractivity contribution in [3.05, 3.63) is 24.3 Å². The van der Waals surface area contributed by atoms with Gasteiger partial charge in [0.15, 0.2) is 6.10 Å². The van der Waals surface area contributed by atoms with Crippen molar-refractivity contribution in [2.45, 2.75) is 51.7 Å². The first-order valence-corrected chi connectivity index (χ1v) is 8.96. The van der Waals surface area contributed by atoms with Crippen LogP contribution in [0.1, 0.15) is 39.0 Å². The summed E-state index contributed by atoms with van der Waals surface area (Å²) in [5.74, 6) is 0.590. The van der Waals surface area contributed by atoms with Gasteiger partial charge in [-0.3, -0.25) is 9.59 Å². The predicted octanol–water partition coefficient (Wildman–Crippen LogP) is 3.98. The van der Waals surface area contributed by atoms with E-state index >= 15 is 0 Å². The molecular weight excluding hydrogens is 344 g/mol. The van der Waals surface area contributed by atoms with Gasteiger partial charge in [-0.25, -0.2) is 0 Å². The largest absolute Gasteiger partial charge is 0.453 e. The van der Waals surface area contributed by atoms with E-state index < -0.39 is 18.6 Å². The smallest absolute Gasteiger partial charge is 0.387 e. The molecule has 7 heteroatoms. The summed E-state index contributed by atoms with van der Waals surface area (Å²) >= 11 is 0. The number of carbonyl (C=O) groups is 2. The van der Waals surface area contributed by atoms with Crippen LogP contribution < -0.4 is 10.1 Å². The Morgan fingerprint density at radius 3 is 2.65 bits per heavy atom. The number of anilines is 1. The molecule has 0 heterocycles. The third-order valence-corrected chi connectivity index (χ3v) is 5.35. The van der Waals surface area contributed by atoms with Gasteiger partial charge in [-0.15, -0.1) is 0 Å². The van der Waals surface area contributed by atoms with Crippen LogP contribution in [0.15, 0.2) is 24.3 Å². The van der Waals surface area contributed by atoms with Crippen LogP contribution in [0, 0.1) is 17.8 Å². The molecule has 26 heavy (non-hydrogen) atoms. The topological polar surface area (TPSA) is 64.6 Å². The molecule has 2 bridgehead atoms. The minimum absolute atomic E-state index is 0.105. The monoisotopic (exact) mass is 367 g/mol. The number of esters is 1. The number of benzene rings is 1. The van der Waals surface area contributed by atoms with Crippen LogP contribution in [0.4, 0.5) is 14.5 Å². The Kier molecular flexibility index (Phi) is 5.74. The van der Waals surface area contributed by atoms with Crippen LogP contribution in [0.2, 0.25) is 0 Å². The van der Waals surface area contributed by atoms with Gasteiger partial charge in [0.1, 0.15) is 5.75 Å². The second-order valence-electron chi connectivity index (χ2n) is 7.14. The van der Waals surface area contributed by atoms with Crippen molar-refractivity contribution < 1.29 is 27.8 Å². The molecular formula is C19H23F2NO4. The molecule has 4 unspecified atom stereocenters. The summed E-state index contributed by atoms with van der Waals surface area (Å²) in [6.07, 6.45) is 4.03. The van der Waals surface area contributed by atoms with Gasteiger partial charge in [-0.1, -0.05) is 18.6 Å². The van der Waals surface area contributed by atoms with Crippen molar-refractivity contribution in [2.75, 3.05) is 5.32 Å². The number of hydrogen-bond acceptors (Lipinski definition) is 4. The predicted molar refractivity (Wildman–Crippen MR) is 90.8 cm³/mol. The third-order valence-electron chi connectivity index (χ3n) is 5.35. The second-order valence-corrected chi connectivity index (χ2v) is 7.14. The van der Waals surface area contributed by atoms with Gasteiger partial charge in [-0.05, 0) is 56.1 Å². The lowest BCUT2D eigenvalue weighted by molar-refractivity contribution is -0.154. The van der Waals surface area contributed by atoms with E-state index in [9.17, 15) is 18.4 Å². The highest BCUT2D eigenvalue weighted by Gasteiger charge is 2.40. The Labute approximate surface area is 151 Å². The lowest BCUT2D eigenvalue weighted by atomic mass is 9.86. The zero-order valence-electron chi connectivity index (χ0n) is 14.6. The highest BCUT2D eigenvalue weighted by atomic mass is 19.3. The Morgan fingerprint density at radius 2 is 2.00 bits per heavy atom. The highest BCUT2D eigenvalue weighted by molar-refractivity contribution is 5.96. The Hall–Kier alpha value is -2.18. The maximum absolute atomic E-state index is 12.4. The summed E-state index contributed by atoms with van der Waals surface area (Å²) in [5.41, 5.74) is 0.105. The van der Waals surface area contributed by atoms with E-state index in [1.165, 1.54) is 44.4 Å². The molecule has 2 aliphatic rings. The van der Waals surface area contributed by atoms with Gasteiger partial charge < -0.3 is 14.8 Å². The summed E-state index contributed by atoms with van der Waals surface area (Å²) in [7, 11) is 0. The number of para-hydroxylation sites is 2. The zero-order chi connectivity index (χ0) is 18.7. The Balaban J connectivity index is 1.51. The number of alkyl halides is 2. The van der Waals surface area contributed by atoms with E-state index in [1.807, 2.05) is 0 Å². The number of halogens is 2. The van der Waals surface area contributed by atoms with E-state index in [4.69, 9.17) is 4.74 Å². The molecule has 3 rings (SSSR count). The standard InChI is InChI=1S/C19H23F2NO4/c1-11(25-17(23)10-14-9-12-6-7-13(14)8-12)18(24)22-15-4-2-3-5-16(15)26-19(20)21/h2-5,11-14,19H,6-10H2,1H3,(H,22,24). The third kappa shape index (κ3) is 4.51. The van der Waals surface area contributed by atoms with Crippen LogP contribution in [0.5, 0.6) is 5.75 Å². The summed E-state index contributed by atoms with van der Waals surface area (Å²) in [5, 5.41) is 2.47. The number of amides is 1. The zero-order valence-corrected chi connectivity index (χ0v) is 14.6. The summed E-state index contributed by atoms with van der Waals surface area (Å²) in [6, 6.07) is 5.87. The van der Waals surface area contributed by atoms with Crippen molar-refractivity contribution >= 4 is 17.6 Å². The van der Waals surface area contributed by atoms with Crippen molar-refractivity contribution in [2.24, 2.45) is 17.8 Å². The molecule has 4 atom stereocenters. The van der Waals surface area contributed by atoms with Crippen molar-refractivity contribution in [3.63, 3.8) is 0 Å². The van der Waals surface area contributed by atoms with Crippen LogP contribution >= 0.6 is 0 Å². The molecule has 0 radical (unpaired) electrons. The molecule has 0 aliphatic heterocycles. The summed E-state index contributed by atoms with van der Waals surface area (Å²) in [6.45, 7) is -1.53. The first kappa shape index (κ1) is 18.6. The molecule has 2 fully saturated rings. The molecule has 0 aromatic heterocycles. The molecule has 0 spiro atoms. The van der Waals surface area contributed by atoms with E-state index in [0.717, 1.165) is 12.3 Å². The maximum atomic E-state index is 12.4. The SMILES string of the molecule is CC(OC(=O)CC1CC2CCC1C2)C(=O)Nc1ccccc1OC(F)F. The molecule has 142 valence electrons. The fourth-order valence-electron chi connectivity index (χ4n) is 4.14. The average molecular weight is 367 g/mol. The Bertz CT molecular complexity index is 667. The summed E-state index contributed by atoms with van der Waals surface area (Å²) < 4.78 is 34.4. The number of hydrogen-bond donors (Lipinski definition) is 1. The first-order chi connectivity index (χ1) is 12.4. The number of fused-ring (bicyclic) bond motifs is 2. The molecule has 1 aromatic rings. The fraction of sp³-hybridized carbons (Fsp3) is 0.579. The molecule has 1 amide bonds. The molecule has 1 N–H and O–H groups in total. The van der Waals surface area contributed by atoms with E-state index in [-0.39, 0.29) is 17.4 Å². The van der Waals surface area contributed by atoms with Crippen LogP contribution in [-0.2, 0) is 14.3 Å². The molecule has 1 aromatic carbocycles. The number of ether oxygens (including phenoxy) is 2. The number of nitrogens with one attached hydrogen (secondary N) is 1. The minimum atomic E-state index is -3.00. The van der Waals surface area contributed by atoms with Crippen molar-refractivity contribution in [1.29, 1.82) is 0 Å². The maximum Gasteiger partial charge on any atom is 0.387 e. The van der Waals surface area contributed by atoms with Crippen LogP contribution in [-0.4, -0.2) is 24.6 Å². The van der Waals surface area contributed by atoms with Gasteiger partial charge in [0.05, 0.1) is 5.69 Å². The average Bonchev–Trinajstić information content (AvgIpc) is 3.18. The van der Waals surface area contributed by atoms with Crippen LogP contribution in [0.3, 0.4) is 0 Å². The van der Waals surface area contributed by atoms with E-state index in [0.29, 0.717) is 18.3 Å². The lowest BCUT2D eigenvalue weighted by Gasteiger charge is -2.21. The van der Waals surface area contributed by atoms with Gasteiger partial charge in [0.25, 0.3) is 5.91 Å². The van der Waals surface area contributed by atoms with Gasteiger partial charge >= 0.3 is 12.6 Å². The number of carbonyl (C=O) groups excluding carboxylic acids is 2. The van der Waals surface area contributed by atoms with Gasteiger partial charge in [0.2, 0.25) is 0 Å². The summed E-state index contributed by atoms with van der Waals surface area (Å²) in [4.78, 5) is 24.3. The van der Waals surface area contributed by atoms with Gasteiger partial charge in [0, 0.05) is 6.42 Å². The van der Waals surface area contributed by atoms with Crippen molar-refractivity contribution in [3.8, 4) is 5.75 Å². The van der Waals surface area contributed by atoms with Crippen molar-refractivity contribution in [1.82, 2.24) is 0 Å². The second kappa shape index (κ2) is 8.01. The normalized spacial score (nSPS) is 25.2. The van der Waals surface area contributed by atoms with Gasteiger partial charge in [-0.2, -0.15) is 8.78 Å². The molecule has 5 nitrogen and oxygen atoms in total. The van der Waals surface area contributed by atoms with Crippen LogP contribution in [0.25, 0.3) is 0 Å². The Morgan fingerprint density at radius 1 is 1.23 bits per heavy atom. The highest BCUT2D eigenvalue weighted by Crippen LogP contribution is 2.49. The minimum Gasteiger partial charge on any atom is -0.453 e. The molecule has 0 saturated heterocycles.